The Balaban J connectivity index is 0.00000162. The van der Waals surface area contributed by atoms with E-state index in [9.17, 15) is 0 Å². The minimum Gasteiger partial charge on any atom is -0.497 e. The van der Waals surface area contributed by atoms with Gasteiger partial charge in [0.15, 0.2) is 0 Å². The van der Waals surface area contributed by atoms with Gasteiger partial charge in [0.25, 0.3) is 0 Å². The van der Waals surface area contributed by atoms with Gasteiger partial charge in [-0.25, -0.2) is 0 Å². The normalized spacial score (nSPS) is 17.9. The summed E-state index contributed by atoms with van der Waals surface area (Å²) in [6, 6.07) is 6.17. The number of ether oxygens (including phenoxy) is 1. The Morgan fingerprint density at radius 2 is 1.94 bits per heavy atom. The first-order valence-electron chi connectivity index (χ1n) is 6.31. The lowest BCUT2D eigenvalue weighted by atomic mass is 9.81. The second-order valence-corrected chi connectivity index (χ2v) is 5.67. The first-order valence-corrected chi connectivity index (χ1v) is 7.10. The third kappa shape index (κ3) is 3.62. The maximum atomic E-state index is 6.41. The second kappa shape index (κ2) is 7.37. The average molecular weight is 335 g/mol. The van der Waals surface area contributed by atoms with Crippen LogP contribution in [-0.2, 0) is 0 Å². The quantitative estimate of drug-likeness (QED) is 0.885. The predicted molar refractivity (Wildman–Crippen MR) is 81.4 cm³/mol. The van der Waals surface area contributed by atoms with Crippen molar-refractivity contribution in [2.45, 2.75) is 38.1 Å². The highest BCUT2D eigenvalue weighted by Gasteiger charge is 2.23. The summed E-state index contributed by atoms with van der Waals surface area (Å²) in [5, 5.41) is 0. The summed E-state index contributed by atoms with van der Waals surface area (Å²) in [6.45, 7) is 0. The highest BCUT2D eigenvalue weighted by atomic mass is 79.9. The Labute approximate surface area is 124 Å². The number of hydrogen-bond acceptors (Lipinski definition) is 2. The van der Waals surface area contributed by atoms with Gasteiger partial charge in [-0.15, -0.1) is 12.4 Å². The van der Waals surface area contributed by atoms with E-state index < -0.39 is 0 Å². The molecule has 1 aromatic rings. The van der Waals surface area contributed by atoms with Crippen molar-refractivity contribution in [3.8, 4) is 5.75 Å². The highest BCUT2D eigenvalue weighted by Crippen LogP contribution is 2.36. The topological polar surface area (TPSA) is 35.2 Å². The number of methoxy groups -OCH3 is 1. The van der Waals surface area contributed by atoms with Gasteiger partial charge in [-0.2, -0.15) is 0 Å². The van der Waals surface area contributed by atoms with Crippen molar-refractivity contribution in [1.82, 2.24) is 0 Å². The minimum atomic E-state index is 0. The summed E-state index contributed by atoms with van der Waals surface area (Å²) in [4.78, 5) is 0. The molecule has 2 rings (SSSR count). The van der Waals surface area contributed by atoms with Crippen LogP contribution in [0.3, 0.4) is 0 Å². The average Bonchev–Trinajstić information content (AvgIpc) is 2.39. The van der Waals surface area contributed by atoms with Crippen molar-refractivity contribution in [2.24, 2.45) is 11.7 Å². The Morgan fingerprint density at radius 3 is 2.56 bits per heavy atom. The largest absolute Gasteiger partial charge is 0.497 e. The summed E-state index contributed by atoms with van der Waals surface area (Å²) in [5.41, 5.74) is 7.59. The van der Waals surface area contributed by atoms with E-state index in [1.165, 1.54) is 37.7 Å². The van der Waals surface area contributed by atoms with Crippen LogP contribution in [0.5, 0.6) is 5.75 Å². The van der Waals surface area contributed by atoms with Gasteiger partial charge < -0.3 is 10.5 Å². The van der Waals surface area contributed by atoms with Crippen LogP contribution in [0.25, 0.3) is 0 Å². The summed E-state index contributed by atoms with van der Waals surface area (Å²) in [6.07, 6.45) is 6.51. The van der Waals surface area contributed by atoms with Gasteiger partial charge >= 0.3 is 0 Å². The molecule has 1 aromatic carbocycles. The molecule has 0 bridgehead atoms. The zero-order valence-corrected chi connectivity index (χ0v) is 13.1. The van der Waals surface area contributed by atoms with Crippen molar-refractivity contribution in [2.75, 3.05) is 7.11 Å². The number of rotatable bonds is 3. The Kier molecular flexibility index (Phi) is 6.47. The lowest BCUT2D eigenvalue weighted by molar-refractivity contribution is 0.307. The Morgan fingerprint density at radius 1 is 1.28 bits per heavy atom. The fourth-order valence-corrected chi connectivity index (χ4v) is 3.16. The molecule has 1 fully saturated rings. The highest BCUT2D eigenvalue weighted by molar-refractivity contribution is 9.10. The SMILES string of the molecule is COc1ccc(Br)c([C@H](N)C2CCCCC2)c1.Cl. The standard InChI is InChI=1S/C14H20BrNO.ClH/c1-17-11-7-8-13(15)12(9-11)14(16)10-5-3-2-4-6-10;/h7-10,14H,2-6,16H2,1H3;1H/t14-;/m1./s1. The molecule has 0 aromatic heterocycles. The van der Waals surface area contributed by atoms with Gasteiger partial charge in [-0.1, -0.05) is 35.2 Å². The van der Waals surface area contributed by atoms with Crippen LogP contribution in [-0.4, -0.2) is 7.11 Å². The molecule has 2 nitrogen and oxygen atoms in total. The van der Waals surface area contributed by atoms with Crippen LogP contribution in [0.2, 0.25) is 0 Å². The molecule has 102 valence electrons. The Bertz CT molecular complexity index is 380. The van der Waals surface area contributed by atoms with E-state index >= 15 is 0 Å². The van der Waals surface area contributed by atoms with Crippen LogP contribution < -0.4 is 10.5 Å². The lowest BCUT2D eigenvalue weighted by Crippen LogP contribution is -2.23. The van der Waals surface area contributed by atoms with Crippen LogP contribution in [0, 0.1) is 5.92 Å². The van der Waals surface area contributed by atoms with Crippen LogP contribution in [0.1, 0.15) is 43.7 Å². The monoisotopic (exact) mass is 333 g/mol. The smallest absolute Gasteiger partial charge is 0.119 e. The van der Waals surface area contributed by atoms with Crippen LogP contribution in [0.4, 0.5) is 0 Å². The number of hydrogen-bond donors (Lipinski definition) is 1. The van der Waals surface area contributed by atoms with Crippen molar-refractivity contribution in [1.29, 1.82) is 0 Å². The molecule has 0 spiro atoms. The fourth-order valence-electron chi connectivity index (χ4n) is 2.65. The molecule has 2 N–H and O–H groups in total. The van der Waals surface area contributed by atoms with Crippen LogP contribution >= 0.6 is 28.3 Å². The molecule has 0 amide bonds. The molecule has 0 aliphatic heterocycles. The molecule has 1 aliphatic carbocycles. The molecule has 0 unspecified atom stereocenters. The molecular weight excluding hydrogens is 314 g/mol. The third-order valence-corrected chi connectivity index (χ3v) is 4.44. The van der Waals surface area contributed by atoms with Crippen molar-refractivity contribution in [3.05, 3.63) is 28.2 Å². The van der Waals surface area contributed by atoms with Gasteiger partial charge in [0.2, 0.25) is 0 Å². The molecular formula is C14H21BrClNO. The maximum Gasteiger partial charge on any atom is 0.119 e. The van der Waals surface area contributed by atoms with Gasteiger partial charge in [-0.05, 0) is 42.5 Å². The Hall–Kier alpha value is -0.250. The summed E-state index contributed by atoms with van der Waals surface area (Å²) >= 11 is 3.59. The fraction of sp³-hybridized carbons (Fsp3) is 0.571. The molecule has 18 heavy (non-hydrogen) atoms. The van der Waals surface area contributed by atoms with E-state index in [0.29, 0.717) is 5.92 Å². The van der Waals surface area contributed by atoms with Crippen molar-refractivity contribution < 1.29 is 4.74 Å². The van der Waals surface area contributed by atoms with Crippen LogP contribution in [0.15, 0.2) is 22.7 Å². The number of benzene rings is 1. The van der Waals surface area contributed by atoms with E-state index in [4.69, 9.17) is 10.5 Å². The summed E-state index contributed by atoms with van der Waals surface area (Å²) in [7, 11) is 1.69. The first-order chi connectivity index (χ1) is 8.22. The molecule has 1 aliphatic rings. The molecule has 0 saturated heterocycles. The summed E-state index contributed by atoms with van der Waals surface area (Å²) < 4.78 is 6.36. The van der Waals surface area contributed by atoms with Gasteiger partial charge in [0, 0.05) is 10.5 Å². The molecule has 0 heterocycles. The van der Waals surface area contributed by atoms with E-state index in [1.54, 1.807) is 7.11 Å². The summed E-state index contributed by atoms with van der Waals surface area (Å²) in [5.74, 6) is 1.50. The zero-order valence-electron chi connectivity index (χ0n) is 10.7. The van der Waals surface area contributed by atoms with E-state index in [0.717, 1.165) is 10.2 Å². The first kappa shape index (κ1) is 15.8. The van der Waals surface area contributed by atoms with Gasteiger partial charge in [0.05, 0.1) is 7.11 Å². The minimum absolute atomic E-state index is 0. The maximum absolute atomic E-state index is 6.41. The van der Waals surface area contributed by atoms with Gasteiger partial charge in [-0.3, -0.25) is 0 Å². The molecule has 4 heteroatoms. The van der Waals surface area contributed by atoms with Gasteiger partial charge in [0.1, 0.15) is 5.75 Å². The van der Waals surface area contributed by atoms with E-state index in [1.807, 2.05) is 12.1 Å². The lowest BCUT2D eigenvalue weighted by Gasteiger charge is -2.28. The predicted octanol–water partition coefficient (Wildman–Crippen LogP) is 4.46. The van der Waals surface area contributed by atoms with Crippen molar-refractivity contribution in [3.63, 3.8) is 0 Å². The number of nitrogens with two attached hydrogens (primary N) is 1. The second-order valence-electron chi connectivity index (χ2n) is 4.81. The molecule has 1 atom stereocenters. The molecule has 1 saturated carbocycles. The van der Waals surface area contributed by atoms with Crippen molar-refractivity contribution >= 4 is 28.3 Å². The zero-order chi connectivity index (χ0) is 12.3. The van der Waals surface area contributed by atoms with E-state index in [2.05, 4.69) is 22.0 Å². The number of halogens is 2. The van der Waals surface area contributed by atoms with E-state index in [-0.39, 0.29) is 18.4 Å². The third-order valence-electron chi connectivity index (χ3n) is 3.72. The molecule has 0 radical (unpaired) electrons.